The second kappa shape index (κ2) is 7.41. The third-order valence-electron chi connectivity index (χ3n) is 3.47. The highest BCUT2D eigenvalue weighted by Gasteiger charge is 2.32. The summed E-state index contributed by atoms with van der Waals surface area (Å²) in [5.41, 5.74) is 5.98. The number of carbonyl (C=O) groups is 1. The maximum absolute atomic E-state index is 12.3. The van der Waals surface area contributed by atoms with Crippen LogP contribution in [0.2, 0.25) is 0 Å². The molecule has 0 bridgehead atoms. The molecule has 1 unspecified atom stereocenters. The highest BCUT2D eigenvalue weighted by molar-refractivity contribution is 9.10. The van der Waals surface area contributed by atoms with Gasteiger partial charge in [-0.1, -0.05) is 28.1 Å². The monoisotopic (exact) mass is 362 g/mol. The summed E-state index contributed by atoms with van der Waals surface area (Å²) in [6.07, 6.45) is 1.70. The molecule has 1 atom stereocenters. The van der Waals surface area contributed by atoms with Crippen molar-refractivity contribution < 1.29 is 9.53 Å². The molecule has 4 nitrogen and oxygen atoms in total. The maximum Gasteiger partial charge on any atom is 0.244 e. The van der Waals surface area contributed by atoms with Gasteiger partial charge in [-0.2, -0.15) is 0 Å². The molecule has 1 heterocycles. The van der Waals surface area contributed by atoms with Gasteiger partial charge in [-0.25, -0.2) is 0 Å². The van der Waals surface area contributed by atoms with Crippen LogP contribution < -0.4 is 11.1 Å². The molecule has 1 aliphatic rings. The first-order valence-corrected chi connectivity index (χ1v) is 7.23. The van der Waals surface area contributed by atoms with Crippen LogP contribution in [0.25, 0.3) is 0 Å². The second-order valence-electron chi connectivity index (χ2n) is 5.07. The Hall–Kier alpha value is -0.620. The highest BCUT2D eigenvalue weighted by Crippen LogP contribution is 2.21. The van der Waals surface area contributed by atoms with Crippen LogP contribution in [0.1, 0.15) is 25.3 Å². The smallest absolute Gasteiger partial charge is 0.244 e. The fraction of sp³-hybridized carbons (Fsp3) is 0.500. The molecule has 0 saturated carbocycles. The SMILES string of the molecule is CC(N)(C(=O)NC1CCOCC1)c1ccc(Br)cc1.Cl. The van der Waals surface area contributed by atoms with E-state index in [2.05, 4.69) is 21.2 Å². The summed E-state index contributed by atoms with van der Waals surface area (Å²) in [5, 5.41) is 3.02. The van der Waals surface area contributed by atoms with Gasteiger partial charge in [0.15, 0.2) is 0 Å². The molecule has 0 spiro atoms. The maximum atomic E-state index is 12.3. The van der Waals surface area contributed by atoms with Crippen molar-refractivity contribution in [1.29, 1.82) is 0 Å². The lowest BCUT2D eigenvalue weighted by Gasteiger charge is -2.29. The molecule has 1 aromatic carbocycles. The van der Waals surface area contributed by atoms with Gasteiger partial charge in [0.25, 0.3) is 0 Å². The first-order chi connectivity index (χ1) is 9.00. The van der Waals surface area contributed by atoms with Crippen LogP contribution in [-0.4, -0.2) is 25.2 Å². The van der Waals surface area contributed by atoms with E-state index in [1.807, 2.05) is 24.3 Å². The molecular weight excluding hydrogens is 344 g/mol. The summed E-state index contributed by atoms with van der Waals surface area (Å²) >= 11 is 3.37. The van der Waals surface area contributed by atoms with Gasteiger partial charge in [0.05, 0.1) is 0 Å². The van der Waals surface area contributed by atoms with Crippen molar-refractivity contribution in [2.75, 3.05) is 13.2 Å². The van der Waals surface area contributed by atoms with Gasteiger partial charge in [-0.3, -0.25) is 4.79 Å². The van der Waals surface area contributed by atoms with Crippen LogP contribution in [0, 0.1) is 0 Å². The number of rotatable bonds is 3. The molecule has 1 amide bonds. The second-order valence-corrected chi connectivity index (χ2v) is 5.99. The number of nitrogens with one attached hydrogen (secondary N) is 1. The van der Waals surface area contributed by atoms with Gasteiger partial charge in [0.1, 0.15) is 5.54 Å². The number of amides is 1. The number of benzene rings is 1. The first kappa shape index (κ1) is 17.4. The minimum atomic E-state index is -1.01. The minimum absolute atomic E-state index is 0. The van der Waals surface area contributed by atoms with Gasteiger partial charge in [0.2, 0.25) is 5.91 Å². The van der Waals surface area contributed by atoms with Crippen molar-refractivity contribution in [3.05, 3.63) is 34.3 Å². The Morgan fingerprint density at radius 1 is 1.35 bits per heavy atom. The summed E-state index contributed by atoms with van der Waals surface area (Å²) in [4.78, 5) is 12.3. The van der Waals surface area contributed by atoms with E-state index >= 15 is 0 Å². The molecule has 0 aliphatic carbocycles. The summed E-state index contributed by atoms with van der Waals surface area (Å²) in [5.74, 6) is -0.137. The molecule has 20 heavy (non-hydrogen) atoms. The Morgan fingerprint density at radius 3 is 2.45 bits per heavy atom. The van der Waals surface area contributed by atoms with Gasteiger partial charge in [-0.05, 0) is 37.5 Å². The molecule has 2 rings (SSSR count). The number of ether oxygens (including phenoxy) is 1. The molecule has 1 saturated heterocycles. The van der Waals surface area contributed by atoms with E-state index in [1.165, 1.54) is 0 Å². The number of hydrogen-bond acceptors (Lipinski definition) is 3. The Morgan fingerprint density at radius 2 is 1.90 bits per heavy atom. The van der Waals surface area contributed by atoms with Crippen molar-refractivity contribution >= 4 is 34.2 Å². The summed E-state index contributed by atoms with van der Waals surface area (Å²) < 4.78 is 6.25. The first-order valence-electron chi connectivity index (χ1n) is 6.44. The van der Waals surface area contributed by atoms with Crippen LogP contribution in [0.3, 0.4) is 0 Å². The number of carbonyl (C=O) groups excluding carboxylic acids is 1. The van der Waals surface area contributed by atoms with Crippen LogP contribution >= 0.6 is 28.3 Å². The zero-order valence-corrected chi connectivity index (χ0v) is 13.8. The number of hydrogen-bond donors (Lipinski definition) is 2. The molecule has 1 aromatic rings. The van der Waals surface area contributed by atoms with Crippen molar-refractivity contribution in [2.24, 2.45) is 5.73 Å². The molecule has 0 aromatic heterocycles. The van der Waals surface area contributed by atoms with Crippen LogP contribution in [0.5, 0.6) is 0 Å². The largest absolute Gasteiger partial charge is 0.381 e. The molecule has 6 heteroatoms. The van der Waals surface area contributed by atoms with E-state index in [0.29, 0.717) is 13.2 Å². The topological polar surface area (TPSA) is 64.4 Å². The van der Waals surface area contributed by atoms with Crippen LogP contribution in [0.4, 0.5) is 0 Å². The van der Waals surface area contributed by atoms with E-state index in [9.17, 15) is 4.79 Å². The summed E-state index contributed by atoms with van der Waals surface area (Å²) in [7, 11) is 0. The Labute approximate surface area is 134 Å². The van der Waals surface area contributed by atoms with Crippen molar-refractivity contribution in [3.8, 4) is 0 Å². The molecular formula is C14H20BrClN2O2. The average Bonchev–Trinajstić information content (AvgIpc) is 2.40. The molecule has 1 fully saturated rings. The van der Waals surface area contributed by atoms with Gasteiger partial charge in [-0.15, -0.1) is 12.4 Å². The number of nitrogens with two attached hydrogens (primary N) is 1. The van der Waals surface area contributed by atoms with E-state index in [0.717, 1.165) is 22.9 Å². The van der Waals surface area contributed by atoms with Crippen molar-refractivity contribution in [1.82, 2.24) is 5.32 Å². The van der Waals surface area contributed by atoms with Crippen LogP contribution in [-0.2, 0) is 15.1 Å². The minimum Gasteiger partial charge on any atom is -0.381 e. The predicted octanol–water partition coefficient (Wildman–Crippen LogP) is 2.34. The molecule has 3 N–H and O–H groups in total. The summed E-state index contributed by atoms with van der Waals surface area (Å²) in [6, 6.07) is 7.69. The van der Waals surface area contributed by atoms with Gasteiger partial charge in [0, 0.05) is 23.7 Å². The van der Waals surface area contributed by atoms with E-state index < -0.39 is 5.54 Å². The third kappa shape index (κ3) is 4.19. The Kier molecular flexibility index (Phi) is 6.45. The standard InChI is InChI=1S/C14H19BrN2O2.ClH/c1-14(16,10-2-4-11(15)5-3-10)13(18)17-12-6-8-19-9-7-12;/h2-5,12H,6-9,16H2,1H3,(H,17,18);1H. The number of halogens is 2. The molecule has 112 valence electrons. The zero-order valence-electron chi connectivity index (χ0n) is 11.4. The van der Waals surface area contributed by atoms with Crippen molar-refractivity contribution in [2.45, 2.75) is 31.3 Å². The van der Waals surface area contributed by atoms with E-state index in [-0.39, 0.29) is 24.4 Å². The quantitative estimate of drug-likeness (QED) is 0.866. The lowest BCUT2D eigenvalue weighted by molar-refractivity contribution is -0.127. The average molecular weight is 364 g/mol. The fourth-order valence-corrected chi connectivity index (χ4v) is 2.37. The Bertz CT molecular complexity index is 445. The van der Waals surface area contributed by atoms with E-state index in [1.54, 1.807) is 6.92 Å². The third-order valence-corrected chi connectivity index (χ3v) is 4.00. The predicted molar refractivity (Wildman–Crippen MR) is 84.9 cm³/mol. The summed E-state index contributed by atoms with van der Waals surface area (Å²) in [6.45, 7) is 3.14. The molecule has 0 radical (unpaired) electrons. The zero-order chi connectivity index (χ0) is 13.9. The van der Waals surface area contributed by atoms with E-state index in [4.69, 9.17) is 10.5 Å². The van der Waals surface area contributed by atoms with Crippen LogP contribution in [0.15, 0.2) is 28.7 Å². The highest BCUT2D eigenvalue weighted by atomic mass is 79.9. The van der Waals surface area contributed by atoms with Crippen molar-refractivity contribution in [3.63, 3.8) is 0 Å². The fourth-order valence-electron chi connectivity index (χ4n) is 2.10. The molecule has 1 aliphatic heterocycles. The van der Waals surface area contributed by atoms with Gasteiger partial charge >= 0.3 is 0 Å². The normalized spacial score (nSPS) is 18.8. The Balaban J connectivity index is 0.00000200. The lowest BCUT2D eigenvalue weighted by Crippen LogP contribution is -2.52. The lowest BCUT2D eigenvalue weighted by atomic mass is 9.91. The van der Waals surface area contributed by atoms with Gasteiger partial charge < -0.3 is 15.8 Å².